The van der Waals surface area contributed by atoms with E-state index in [2.05, 4.69) is 10.6 Å². The van der Waals surface area contributed by atoms with Gasteiger partial charge in [-0.2, -0.15) is 0 Å². The highest BCUT2D eigenvalue weighted by Crippen LogP contribution is 2.30. The Hall–Kier alpha value is -1.79. The average molecular weight is 397 g/mol. The normalized spacial score (nSPS) is 19.4. The molecule has 3 rings (SSSR count). The molecule has 0 aromatic heterocycles. The summed E-state index contributed by atoms with van der Waals surface area (Å²) in [6.07, 6.45) is 5.08. The number of piperidine rings is 1. The van der Waals surface area contributed by atoms with Crippen LogP contribution in [0.5, 0.6) is 0 Å². The number of amides is 1. The molecule has 150 valence electrons. The van der Waals surface area contributed by atoms with Gasteiger partial charge in [0.2, 0.25) is 0 Å². The molecule has 1 aliphatic carbocycles. The number of nitrogens with one attached hydrogen (secondary N) is 2. The quantitative estimate of drug-likeness (QED) is 0.746. The van der Waals surface area contributed by atoms with Crippen LogP contribution in [0, 0.1) is 0 Å². The third-order valence-electron chi connectivity index (χ3n) is 5.21. The second-order valence-electron chi connectivity index (χ2n) is 7.18. The summed E-state index contributed by atoms with van der Waals surface area (Å²) in [4.78, 5) is 25.2. The molecule has 0 radical (unpaired) electrons. The van der Waals surface area contributed by atoms with Crippen LogP contribution in [0.4, 0.5) is 4.79 Å². The summed E-state index contributed by atoms with van der Waals surface area (Å²) in [5.74, 6) is -0.358. The molecule has 1 amide bonds. The molecular formula is C20H29ClN2O4. The molecule has 1 aromatic rings. The van der Waals surface area contributed by atoms with Crippen molar-refractivity contribution in [2.75, 3.05) is 13.1 Å². The smallest absolute Gasteiger partial charge is 0.408 e. The van der Waals surface area contributed by atoms with E-state index in [1.54, 1.807) is 0 Å². The monoisotopic (exact) mass is 396 g/mol. The fourth-order valence-corrected chi connectivity index (χ4v) is 3.69. The van der Waals surface area contributed by atoms with Crippen LogP contribution in [0.2, 0.25) is 0 Å². The average Bonchev–Trinajstić information content (AvgIpc) is 2.68. The number of hydrogen-bond acceptors (Lipinski definition) is 5. The highest BCUT2D eigenvalue weighted by Gasteiger charge is 2.43. The highest BCUT2D eigenvalue weighted by molar-refractivity contribution is 5.86. The Kier molecular flexibility index (Phi) is 8.38. The van der Waals surface area contributed by atoms with E-state index >= 15 is 0 Å². The topological polar surface area (TPSA) is 76.7 Å². The molecule has 2 fully saturated rings. The van der Waals surface area contributed by atoms with Gasteiger partial charge in [0.15, 0.2) is 0 Å². The van der Waals surface area contributed by atoms with Crippen LogP contribution in [0.15, 0.2) is 30.3 Å². The summed E-state index contributed by atoms with van der Waals surface area (Å²) in [7, 11) is 0. The minimum Gasteiger partial charge on any atom is -0.459 e. The Morgan fingerprint density at radius 1 is 1.07 bits per heavy atom. The molecule has 0 bridgehead atoms. The van der Waals surface area contributed by atoms with Crippen molar-refractivity contribution < 1.29 is 19.1 Å². The number of carbonyl (C=O) groups is 2. The number of carbonyl (C=O) groups excluding carboxylic acids is 2. The number of halogens is 1. The Morgan fingerprint density at radius 3 is 2.41 bits per heavy atom. The van der Waals surface area contributed by atoms with Gasteiger partial charge in [0.25, 0.3) is 0 Å². The molecular weight excluding hydrogens is 368 g/mol. The first-order chi connectivity index (χ1) is 12.7. The first kappa shape index (κ1) is 21.5. The van der Waals surface area contributed by atoms with Crippen LogP contribution in [0.3, 0.4) is 0 Å². The molecule has 6 nitrogen and oxygen atoms in total. The molecule has 27 heavy (non-hydrogen) atoms. The van der Waals surface area contributed by atoms with Gasteiger partial charge in [0.05, 0.1) is 0 Å². The predicted molar refractivity (Wildman–Crippen MR) is 105 cm³/mol. The van der Waals surface area contributed by atoms with Crippen molar-refractivity contribution in [2.24, 2.45) is 0 Å². The van der Waals surface area contributed by atoms with Crippen molar-refractivity contribution >= 4 is 24.5 Å². The lowest BCUT2D eigenvalue weighted by molar-refractivity contribution is -0.154. The van der Waals surface area contributed by atoms with Crippen molar-refractivity contribution in [3.8, 4) is 0 Å². The summed E-state index contributed by atoms with van der Waals surface area (Å²) < 4.78 is 11.1. The Morgan fingerprint density at radius 2 is 1.74 bits per heavy atom. The Balaban J connectivity index is 0.00000261. The zero-order valence-electron chi connectivity index (χ0n) is 15.6. The summed E-state index contributed by atoms with van der Waals surface area (Å²) in [6, 6.07) is 9.58. The van der Waals surface area contributed by atoms with E-state index in [1.165, 1.54) is 0 Å². The number of ether oxygens (including phenoxy) is 2. The first-order valence-corrected chi connectivity index (χ1v) is 9.59. The van der Waals surface area contributed by atoms with Crippen molar-refractivity contribution in [1.29, 1.82) is 0 Å². The van der Waals surface area contributed by atoms with Crippen LogP contribution in [-0.4, -0.2) is 36.8 Å². The fraction of sp³-hybridized carbons (Fsp3) is 0.600. The standard InChI is InChI=1S/C20H28N2O4.ClH/c23-18(25-15-16-7-3-1-4-8-16)20(11-5-2-6-12-20)22-19(24)26-17-9-13-21-14-10-17;/h1,3-4,7-8,17,21H,2,5-6,9-15H2,(H,22,24);1H. The van der Waals surface area contributed by atoms with Crippen LogP contribution in [-0.2, 0) is 20.9 Å². The van der Waals surface area contributed by atoms with Gasteiger partial charge < -0.3 is 20.1 Å². The predicted octanol–water partition coefficient (Wildman–Crippen LogP) is 3.33. The van der Waals surface area contributed by atoms with Crippen molar-refractivity contribution in [3.63, 3.8) is 0 Å². The van der Waals surface area contributed by atoms with Crippen molar-refractivity contribution in [2.45, 2.75) is 63.2 Å². The summed E-state index contributed by atoms with van der Waals surface area (Å²) in [5, 5.41) is 6.10. The third-order valence-corrected chi connectivity index (χ3v) is 5.21. The number of rotatable bonds is 5. The van der Waals surface area contributed by atoms with Gasteiger partial charge in [0, 0.05) is 0 Å². The van der Waals surface area contributed by atoms with Gasteiger partial charge >= 0.3 is 12.1 Å². The fourth-order valence-electron chi connectivity index (χ4n) is 3.69. The number of alkyl carbamates (subject to hydrolysis) is 1. The molecule has 1 aromatic carbocycles. The van der Waals surface area contributed by atoms with E-state index in [0.29, 0.717) is 12.8 Å². The van der Waals surface area contributed by atoms with Crippen LogP contribution in [0.25, 0.3) is 0 Å². The number of hydrogen-bond donors (Lipinski definition) is 2. The van der Waals surface area contributed by atoms with Gasteiger partial charge in [-0.05, 0) is 44.3 Å². The van der Waals surface area contributed by atoms with Gasteiger partial charge in [-0.3, -0.25) is 0 Å². The Bertz CT molecular complexity index is 599. The minimum atomic E-state index is -0.961. The molecule has 1 aliphatic heterocycles. The third kappa shape index (κ3) is 6.11. The highest BCUT2D eigenvalue weighted by atomic mass is 35.5. The maximum Gasteiger partial charge on any atom is 0.408 e. The van der Waals surface area contributed by atoms with E-state index in [9.17, 15) is 9.59 Å². The van der Waals surface area contributed by atoms with E-state index in [4.69, 9.17) is 9.47 Å². The van der Waals surface area contributed by atoms with Gasteiger partial charge in [-0.25, -0.2) is 9.59 Å². The molecule has 0 atom stereocenters. The zero-order valence-corrected chi connectivity index (χ0v) is 16.4. The SMILES string of the molecule is Cl.O=C(NC1(C(=O)OCc2ccccc2)CCCCC1)OC1CCNCC1. The molecule has 2 N–H and O–H groups in total. The Labute approximate surface area is 166 Å². The second-order valence-corrected chi connectivity index (χ2v) is 7.18. The summed E-state index contributed by atoms with van der Waals surface area (Å²) in [5.41, 5.74) is -0.0269. The molecule has 0 spiro atoms. The summed E-state index contributed by atoms with van der Waals surface area (Å²) >= 11 is 0. The molecule has 1 heterocycles. The summed E-state index contributed by atoms with van der Waals surface area (Å²) in [6.45, 7) is 1.91. The van der Waals surface area contributed by atoms with Gasteiger partial charge in [-0.15, -0.1) is 12.4 Å². The zero-order chi connectivity index (χ0) is 18.2. The van der Waals surface area contributed by atoms with E-state index < -0.39 is 11.6 Å². The second kappa shape index (κ2) is 10.5. The van der Waals surface area contributed by atoms with Crippen LogP contribution < -0.4 is 10.6 Å². The van der Waals surface area contributed by atoms with E-state index in [0.717, 1.165) is 50.8 Å². The van der Waals surface area contributed by atoms with Crippen molar-refractivity contribution in [1.82, 2.24) is 10.6 Å². The van der Waals surface area contributed by atoms with E-state index in [-0.39, 0.29) is 31.1 Å². The molecule has 1 saturated heterocycles. The number of esters is 1. The van der Waals surface area contributed by atoms with Crippen LogP contribution >= 0.6 is 12.4 Å². The lowest BCUT2D eigenvalue weighted by atomic mass is 9.82. The van der Waals surface area contributed by atoms with Crippen LogP contribution in [0.1, 0.15) is 50.5 Å². The molecule has 7 heteroatoms. The maximum absolute atomic E-state index is 12.8. The molecule has 0 unspecified atom stereocenters. The van der Waals surface area contributed by atoms with Gasteiger partial charge in [0.1, 0.15) is 18.2 Å². The minimum absolute atomic E-state index is 0. The van der Waals surface area contributed by atoms with Crippen molar-refractivity contribution in [3.05, 3.63) is 35.9 Å². The lowest BCUT2D eigenvalue weighted by Gasteiger charge is -2.36. The molecule has 2 aliphatic rings. The largest absolute Gasteiger partial charge is 0.459 e. The molecule has 1 saturated carbocycles. The maximum atomic E-state index is 12.8. The number of benzene rings is 1. The van der Waals surface area contributed by atoms with E-state index in [1.807, 2.05) is 30.3 Å². The van der Waals surface area contributed by atoms with Gasteiger partial charge in [-0.1, -0.05) is 49.6 Å². The first-order valence-electron chi connectivity index (χ1n) is 9.59. The lowest BCUT2D eigenvalue weighted by Crippen LogP contribution is -2.57.